The molecule has 0 radical (unpaired) electrons. The summed E-state index contributed by atoms with van der Waals surface area (Å²) in [6.45, 7) is 10.3. The van der Waals surface area contributed by atoms with Crippen LogP contribution in [-0.2, 0) is 6.54 Å². The highest BCUT2D eigenvalue weighted by Gasteiger charge is 2.19. The number of benzene rings is 2. The second-order valence-electron chi connectivity index (χ2n) is 6.21. The molecule has 0 saturated heterocycles. The lowest BCUT2D eigenvalue weighted by Gasteiger charge is -2.34. The maximum absolute atomic E-state index is 2.64. The first-order valence-electron chi connectivity index (χ1n) is 8.56. The highest BCUT2D eigenvalue weighted by Crippen LogP contribution is 2.26. The lowest BCUT2D eigenvalue weighted by atomic mass is 9.98. The van der Waals surface area contributed by atoms with E-state index >= 15 is 0 Å². The van der Waals surface area contributed by atoms with Crippen molar-refractivity contribution in [1.82, 2.24) is 4.90 Å². The molecule has 1 nitrogen and oxygen atoms in total. The smallest absolute Gasteiger partial charge is 0.0245 e. The van der Waals surface area contributed by atoms with Crippen LogP contribution < -0.4 is 0 Å². The van der Waals surface area contributed by atoms with Gasteiger partial charge in [0.05, 0.1) is 0 Å². The zero-order valence-electron chi connectivity index (χ0n) is 14.4. The summed E-state index contributed by atoms with van der Waals surface area (Å²) in [5.41, 5.74) is 4.10. The molecule has 2 aromatic rings. The molecule has 2 aromatic carbocycles. The molecule has 2 atom stereocenters. The van der Waals surface area contributed by atoms with E-state index in [9.17, 15) is 0 Å². The van der Waals surface area contributed by atoms with Crippen LogP contribution in [0.2, 0.25) is 0 Å². The molecule has 2 rings (SSSR count). The normalized spacial score (nSPS) is 14.0. The maximum atomic E-state index is 2.64. The van der Waals surface area contributed by atoms with Gasteiger partial charge in [0.15, 0.2) is 0 Å². The molecular formula is C21H29N. The van der Waals surface area contributed by atoms with Gasteiger partial charge in [-0.05, 0) is 43.4 Å². The third-order valence-corrected chi connectivity index (χ3v) is 4.77. The van der Waals surface area contributed by atoms with E-state index in [0.717, 1.165) is 6.54 Å². The number of nitrogens with zero attached hydrogens (tertiary/aromatic N) is 1. The van der Waals surface area contributed by atoms with E-state index in [1.165, 1.54) is 29.5 Å². The molecule has 0 bridgehead atoms. The van der Waals surface area contributed by atoms with E-state index in [1.807, 2.05) is 0 Å². The first-order chi connectivity index (χ1) is 10.7. The molecule has 0 aromatic heterocycles. The first-order valence-corrected chi connectivity index (χ1v) is 8.56. The van der Waals surface area contributed by atoms with Crippen LogP contribution in [-0.4, -0.2) is 17.0 Å². The number of rotatable bonds is 7. The molecule has 0 spiro atoms. The van der Waals surface area contributed by atoms with Crippen molar-refractivity contribution in [3.8, 4) is 11.1 Å². The summed E-state index contributed by atoms with van der Waals surface area (Å²) in [5, 5.41) is 0. The minimum absolute atomic E-state index is 0.610. The van der Waals surface area contributed by atoms with Crippen LogP contribution in [0.3, 0.4) is 0 Å². The second-order valence-corrected chi connectivity index (χ2v) is 6.21. The molecule has 0 heterocycles. The van der Waals surface area contributed by atoms with E-state index < -0.39 is 0 Å². The van der Waals surface area contributed by atoms with Gasteiger partial charge in [0.25, 0.3) is 0 Å². The fourth-order valence-electron chi connectivity index (χ4n) is 2.97. The van der Waals surface area contributed by atoms with Crippen molar-refractivity contribution in [2.24, 2.45) is 0 Å². The van der Waals surface area contributed by atoms with Crippen LogP contribution in [0.4, 0.5) is 0 Å². The zero-order chi connectivity index (χ0) is 15.9. The van der Waals surface area contributed by atoms with Crippen LogP contribution in [0.25, 0.3) is 11.1 Å². The van der Waals surface area contributed by atoms with Gasteiger partial charge in [-0.1, -0.05) is 68.4 Å². The molecule has 2 unspecified atom stereocenters. The van der Waals surface area contributed by atoms with Crippen LogP contribution in [0.5, 0.6) is 0 Å². The summed E-state index contributed by atoms with van der Waals surface area (Å²) in [5.74, 6) is 0. The number of hydrogen-bond acceptors (Lipinski definition) is 1. The third kappa shape index (κ3) is 3.98. The molecule has 118 valence electrons. The van der Waals surface area contributed by atoms with Gasteiger partial charge >= 0.3 is 0 Å². The van der Waals surface area contributed by atoms with Gasteiger partial charge in [0, 0.05) is 18.6 Å². The van der Waals surface area contributed by atoms with Crippen molar-refractivity contribution in [1.29, 1.82) is 0 Å². The van der Waals surface area contributed by atoms with Crippen molar-refractivity contribution < 1.29 is 0 Å². The van der Waals surface area contributed by atoms with Crippen molar-refractivity contribution >= 4 is 0 Å². The molecule has 0 amide bonds. The Morgan fingerprint density at radius 3 is 1.91 bits per heavy atom. The summed E-state index contributed by atoms with van der Waals surface area (Å²) in [6, 6.07) is 20.8. The van der Waals surface area contributed by atoms with Crippen molar-refractivity contribution in [3.63, 3.8) is 0 Å². The Labute approximate surface area is 136 Å². The standard InChI is InChI=1S/C21H29N/c1-5-17(3)22(18(4)6-2)16-20-14-10-11-15-21(20)19-12-8-7-9-13-19/h7-15,17-18H,5-6,16H2,1-4H3. The zero-order valence-corrected chi connectivity index (χ0v) is 14.4. The highest BCUT2D eigenvalue weighted by atomic mass is 15.2. The molecule has 22 heavy (non-hydrogen) atoms. The van der Waals surface area contributed by atoms with Crippen LogP contribution in [0.15, 0.2) is 54.6 Å². The van der Waals surface area contributed by atoms with E-state index in [-0.39, 0.29) is 0 Å². The summed E-state index contributed by atoms with van der Waals surface area (Å²) < 4.78 is 0. The Bertz CT molecular complexity index is 551. The minimum Gasteiger partial charge on any atom is -0.294 e. The predicted octanol–water partition coefficient (Wildman–Crippen LogP) is 5.75. The van der Waals surface area contributed by atoms with Crippen molar-refractivity contribution in [3.05, 3.63) is 60.2 Å². The molecule has 0 aliphatic heterocycles. The Morgan fingerprint density at radius 2 is 1.32 bits per heavy atom. The predicted molar refractivity (Wildman–Crippen MR) is 96.9 cm³/mol. The lowest BCUT2D eigenvalue weighted by molar-refractivity contribution is 0.137. The largest absolute Gasteiger partial charge is 0.294 e. The van der Waals surface area contributed by atoms with Gasteiger partial charge in [-0.25, -0.2) is 0 Å². The Balaban J connectivity index is 2.32. The van der Waals surface area contributed by atoms with Gasteiger partial charge in [-0.15, -0.1) is 0 Å². The van der Waals surface area contributed by atoms with Crippen LogP contribution >= 0.6 is 0 Å². The van der Waals surface area contributed by atoms with Crippen molar-refractivity contribution in [2.75, 3.05) is 0 Å². The summed E-state index contributed by atoms with van der Waals surface area (Å²) in [7, 11) is 0. The molecule has 0 N–H and O–H groups in total. The quantitative estimate of drug-likeness (QED) is 0.628. The Hall–Kier alpha value is -1.60. The number of hydrogen-bond donors (Lipinski definition) is 0. The van der Waals surface area contributed by atoms with Gasteiger partial charge in [0.2, 0.25) is 0 Å². The average Bonchev–Trinajstić information content (AvgIpc) is 2.59. The highest BCUT2D eigenvalue weighted by molar-refractivity contribution is 5.67. The Kier molecular flexibility index (Phi) is 6.21. The summed E-state index contributed by atoms with van der Waals surface area (Å²) in [4.78, 5) is 2.64. The molecule has 0 saturated carbocycles. The molecule has 1 heteroatoms. The van der Waals surface area contributed by atoms with Crippen LogP contribution in [0.1, 0.15) is 46.1 Å². The molecule has 0 fully saturated rings. The molecular weight excluding hydrogens is 266 g/mol. The topological polar surface area (TPSA) is 3.24 Å². The lowest BCUT2D eigenvalue weighted by Crippen LogP contribution is -2.39. The SMILES string of the molecule is CCC(C)N(Cc1ccccc1-c1ccccc1)C(C)CC. The monoisotopic (exact) mass is 295 g/mol. The Morgan fingerprint density at radius 1 is 0.773 bits per heavy atom. The van der Waals surface area contributed by atoms with E-state index in [4.69, 9.17) is 0 Å². The summed E-state index contributed by atoms with van der Waals surface area (Å²) in [6.07, 6.45) is 2.38. The third-order valence-electron chi connectivity index (χ3n) is 4.77. The van der Waals surface area contributed by atoms with Gasteiger partial charge in [0.1, 0.15) is 0 Å². The molecule has 0 aliphatic rings. The second kappa shape index (κ2) is 8.14. The van der Waals surface area contributed by atoms with Gasteiger partial charge in [-0.3, -0.25) is 4.90 Å². The van der Waals surface area contributed by atoms with E-state index in [1.54, 1.807) is 0 Å². The summed E-state index contributed by atoms with van der Waals surface area (Å²) >= 11 is 0. The minimum atomic E-state index is 0.610. The van der Waals surface area contributed by atoms with Gasteiger partial charge in [-0.2, -0.15) is 0 Å². The van der Waals surface area contributed by atoms with Gasteiger partial charge < -0.3 is 0 Å². The van der Waals surface area contributed by atoms with Crippen molar-refractivity contribution in [2.45, 2.75) is 59.2 Å². The van der Waals surface area contributed by atoms with Crippen LogP contribution in [0, 0.1) is 0 Å². The fraction of sp³-hybridized carbons (Fsp3) is 0.429. The first kappa shape index (κ1) is 16.8. The fourth-order valence-corrected chi connectivity index (χ4v) is 2.97. The van der Waals surface area contributed by atoms with E-state index in [0.29, 0.717) is 12.1 Å². The molecule has 0 aliphatic carbocycles. The van der Waals surface area contributed by atoms with E-state index in [2.05, 4.69) is 87.2 Å². The maximum Gasteiger partial charge on any atom is 0.0245 e. The average molecular weight is 295 g/mol.